The lowest BCUT2D eigenvalue weighted by atomic mass is 10.00. The summed E-state index contributed by atoms with van der Waals surface area (Å²) in [5.74, 6) is 0.0431. The van der Waals surface area contributed by atoms with Crippen LogP contribution in [0.25, 0.3) is 10.9 Å². The minimum absolute atomic E-state index is 0.0431. The molecule has 0 bridgehead atoms. The Balaban J connectivity index is 0.000000422. The maximum Gasteiger partial charge on any atom is 0.434 e. The van der Waals surface area contributed by atoms with Crippen molar-refractivity contribution < 1.29 is 14.6 Å². The molecule has 0 unspecified atom stereocenters. The van der Waals surface area contributed by atoms with Crippen molar-refractivity contribution >= 4 is 22.8 Å². The molecule has 2 aromatic rings. The zero-order valence-corrected chi connectivity index (χ0v) is 13.2. The number of nitrogen functional groups attached to an aromatic ring is 1. The summed E-state index contributed by atoms with van der Waals surface area (Å²) in [7, 11) is 0. The fourth-order valence-corrected chi connectivity index (χ4v) is 2.15. The Labute approximate surface area is 128 Å². The second-order valence-electron chi connectivity index (χ2n) is 4.56. The number of nitriles is 1. The first-order chi connectivity index (χ1) is 10.4. The summed E-state index contributed by atoms with van der Waals surface area (Å²) in [6.45, 7) is 9.18. The number of benzene rings is 1. The number of aryl methyl sites for hydroxylation is 2. The van der Waals surface area contributed by atoms with E-state index in [4.69, 9.17) is 20.8 Å². The third kappa shape index (κ3) is 3.35. The number of fused-ring (bicyclic) bond motifs is 1. The molecule has 1 aromatic carbocycles. The summed E-state index contributed by atoms with van der Waals surface area (Å²) in [4.78, 5) is 10.9. The molecule has 0 spiro atoms. The van der Waals surface area contributed by atoms with E-state index in [1.54, 1.807) is 19.9 Å². The van der Waals surface area contributed by atoms with Gasteiger partial charge in [-0.05, 0) is 44.9 Å². The molecule has 2 rings (SSSR count). The average molecular weight is 304 g/mol. The first-order valence-corrected chi connectivity index (χ1v) is 6.88. The van der Waals surface area contributed by atoms with E-state index in [0.29, 0.717) is 22.0 Å². The van der Waals surface area contributed by atoms with E-state index in [2.05, 4.69) is 11.2 Å². The van der Waals surface area contributed by atoms with Crippen molar-refractivity contribution in [3.63, 3.8) is 0 Å². The van der Waals surface area contributed by atoms with Crippen LogP contribution in [0, 0.1) is 25.2 Å². The van der Waals surface area contributed by atoms with Crippen LogP contribution < -0.4 is 5.73 Å². The lowest BCUT2D eigenvalue weighted by Crippen LogP contribution is -2.12. The van der Waals surface area contributed by atoms with Gasteiger partial charge in [0.15, 0.2) is 0 Å². The van der Waals surface area contributed by atoms with Crippen LogP contribution in [-0.2, 0) is 4.74 Å². The third-order valence-corrected chi connectivity index (χ3v) is 3.15. The van der Waals surface area contributed by atoms with Crippen LogP contribution in [0.5, 0.6) is 0 Å². The second kappa shape index (κ2) is 7.43. The number of nitrogens with two attached hydrogens (primary N) is 1. The van der Waals surface area contributed by atoms with E-state index in [1.165, 1.54) is 0 Å². The zero-order chi connectivity index (χ0) is 16.9. The van der Waals surface area contributed by atoms with Gasteiger partial charge in [-0.25, -0.2) is 4.79 Å². The average Bonchev–Trinajstić information content (AvgIpc) is 2.78. The highest BCUT2D eigenvalue weighted by molar-refractivity contribution is 5.97. The second-order valence-corrected chi connectivity index (χ2v) is 4.56. The Hall–Kier alpha value is -2.59. The molecule has 118 valence electrons. The number of anilines is 1. The van der Waals surface area contributed by atoms with Crippen LogP contribution in [0.2, 0.25) is 0 Å². The zero-order valence-electron chi connectivity index (χ0n) is 13.2. The van der Waals surface area contributed by atoms with E-state index in [-0.39, 0.29) is 5.82 Å². The number of ether oxygens (including phenoxy) is 1. The molecule has 1 aromatic heterocycles. The first kappa shape index (κ1) is 17.5. The monoisotopic (exact) mass is 304 g/mol. The molecular weight excluding hydrogens is 284 g/mol. The fourth-order valence-electron chi connectivity index (χ4n) is 2.15. The maximum atomic E-state index is 10.9. The van der Waals surface area contributed by atoms with Gasteiger partial charge in [-0.3, -0.25) is 0 Å². The number of nitrogens with zero attached hydrogens (tertiary/aromatic N) is 3. The largest absolute Gasteiger partial charge is 0.463 e. The normalized spacial score (nSPS) is 9.95. The predicted octanol–water partition coefficient (Wildman–Crippen LogP) is 2.68. The number of rotatable bonds is 2. The molecule has 0 fully saturated rings. The van der Waals surface area contributed by atoms with Crippen molar-refractivity contribution in [3.05, 3.63) is 22.8 Å². The van der Waals surface area contributed by atoms with Gasteiger partial charge < -0.3 is 15.6 Å². The highest BCUT2D eigenvalue weighted by Crippen LogP contribution is 2.28. The summed E-state index contributed by atoms with van der Waals surface area (Å²) >= 11 is 0. The first-order valence-electron chi connectivity index (χ1n) is 6.88. The summed E-state index contributed by atoms with van der Waals surface area (Å²) in [5.41, 5.74) is 8.13. The van der Waals surface area contributed by atoms with Crippen LogP contribution in [0.1, 0.15) is 30.5 Å². The lowest BCUT2D eigenvalue weighted by molar-refractivity contribution is 0.162. The van der Waals surface area contributed by atoms with Gasteiger partial charge in [0.2, 0.25) is 0 Å². The predicted molar refractivity (Wildman–Crippen MR) is 83.9 cm³/mol. The van der Waals surface area contributed by atoms with Crippen LogP contribution >= 0.6 is 0 Å². The van der Waals surface area contributed by atoms with Crippen LogP contribution in [0.4, 0.5) is 10.6 Å². The molecule has 3 N–H and O–H groups in total. The van der Waals surface area contributed by atoms with Gasteiger partial charge in [0, 0.05) is 18.6 Å². The third-order valence-electron chi connectivity index (χ3n) is 3.15. The molecule has 0 saturated heterocycles. The number of hydrogen-bond donors (Lipinski definition) is 2. The summed E-state index contributed by atoms with van der Waals surface area (Å²) in [5, 5.41) is 22.4. The van der Waals surface area contributed by atoms with E-state index >= 15 is 0 Å². The topological polar surface area (TPSA) is 114 Å². The van der Waals surface area contributed by atoms with Crippen molar-refractivity contribution in [2.45, 2.75) is 27.7 Å². The van der Waals surface area contributed by atoms with E-state index in [0.717, 1.165) is 23.5 Å². The number of aromatic nitrogens is 2. The maximum absolute atomic E-state index is 10.9. The summed E-state index contributed by atoms with van der Waals surface area (Å²) in [6, 6.07) is 3.74. The SMILES string of the molecule is CCOCC.Cc1cc2nn(C(=O)O)c(N)c2c(C)c1C#N. The van der Waals surface area contributed by atoms with Crippen molar-refractivity contribution in [3.8, 4) is 6.07 Å². The Morgan fingerprint density at radius 3 is 2.45 bits per heavy atom. The smallest absolute Gasteiger partial charge is 0.434 e. The Bertz CT molecular complexity index is 727. The van der Waals surface area contributed by atoms with Crippen molar-refractivity contribution in [1.82, 2.24) is 9.78 Å². The summed E-state index contributed by atoms with van der Waals surface area (Å²) < 4.78 is 5.55. The van der Waals surface area contributed by atoms with Crippen molar-refractivity contribution in [1.29, 1.82) is 5.26 Å². The Morgan fingerprint density at radius 1 is 1.45 bits per heavy atom. The van der Waals surface area contributed by atoms with Crippen LogP contribution in [-0.4, -0.2) is 34.2 Å². The number of carboxylic acid groups (broad SMARTS) is 1. The van der Waals surface area contributed by atoms with Gasteiger partial charge in [0.25, 0.3) is 0 Å². The quantitative estimate of drug-likeness (QED) is 0.881. The van der Waals surface area contributed by atoms with Gasteiger partial charge >= 0.3 is 6.09 Å². The molecule has 7 nitrogen and oxygen atoms in total. The van der Waals surface area contributed by atoms with Crippen LogP contribution in [0.15, 0.2) is 6.07 Å². The molecule has 22 heavy (non-hydrogen) atoms. The van der Waals surface area contributed by atoms with Gasteiger partial charge in [-0.1, -0.05) is 0 Å². The minimum atomic E-state index is -1.24. The molecule has 0 amide bonds. The Morgan fingerprint density at radius 2 is 2.05 bits per heavy atom. The standard InChI is InChI=1S/C11H10N4O2.C4H10O/c1-5-3-8-9(6(2)7(5)4-12)10(13)15(14-8)11(16)17;1-3-5-4-2/h3H,13H2,1-2H3,(H,16,17);3-4H2,1-2H3. The van der Waals surface area contributed by atoms with E-state index in [1.807, 2.05) is 13.8 Å². The molecule has 0 aliphatic carbocycles. The molecule has 1 heterocycles. The highest BCUT2D eigenvalue weighted by atomic mass is 16.5. The van der Waals surface area contributed by atoms with Crippen molar-refractivity contribution in [2.75, 3.05) is 18.9 Å². The van der Waals surface area contributed by atoms with Gasteiger partial charge in [-0.15, -0.1) is 4.68 Å². The number of hydrogen-bond acceptors (Lipinski definition) is 5. The van der Waals surface area contributed by atoms with E-state index < -0.39 is 6.09 Å². The van der Waals surface area contributed by atoms with Gasteiger partial charge in [-0.2, -0.15) is 10.4 Å². The molecule has 0 aliphatic heterocycles. The highest BCUT2D eigenvalue weighted by Gasteiger charge is 2.18. The fraction of sp³-hybridized carbons (Fsp3) is 0.400. The molecule has 0 atom stereocenters. The molecule has 0 aliphatic rings. The Kier molecular flexibility index (Phi) is 5.90. The molecular formula is C15H20N4O3. The van der Waals surface area contributed by atoms with Gasteiger partial charge in [0.05, 0.1) is 17.1 Å². The molecule has 0 saturated carbocycles. The van der Waals surface area contributed by atoms with E-state index in [9.17, 15) is 4.79 Å². The number of carbonyl (C=O) groups is 1. The molecule has 0 radical (unpaired) electrons. The summed E-state index contributed by atoms with van der Waals surface area (Å²) in [6.07, 6.45) is -1.24. The minimum Gasteiger partial charge on any atom is -0.463 e. The van der Waals surface area contributed by atoms with Crippen molar-refractivity contribution in [2.24, 2.45) is 0 Å². The molecule has 7 heteroatoms. The van der Waals surface area contributed by atoms with Gasteiger partial charge in [0.1, 0.15) is 5.82 Å². The van der Waals surface area contributed by atoms with Crippen LogP contribution in [0.3, 0.4) is 0 Å². The lowest BCUT2D eigenvalue weighted by Gasteiger charge is -2.03.